The van der Waals surface area contributed by atoms with E-state index in [1.807, 2.05) is 31.2 Å². The van der Waals surface area contributed by atoms with Crippen LogP contribution in [0.3, 0.4) is 0 Å². The van der Waals surface area contributed by atoms with Gasteiger partial charge in [-0.25, -0.2) is 0 Å². The van der Waals surface area contributed by atoms with Crippen molar-refractivity contribution < 1.29 is 0 Å². The molecule has 0 heterocycles. The molecule has 0 saturated carbocycles. The Hall–Kier alpha value is -0.760. The number of nitrogens with two attached hydrogens (primary N) is 1. The van der Waals surface area contributed by atoms with Gasteiger partial charge in [-0.05, 0) is 25.1 Å². The fourth-order valence-electron chi connectivity index (χ4n) is 0.854. The minimum absolute atomic E-state index is 0.471. The van der Waals surface area contributed by atoms with E-state index in [0.29, 0.717) is 4.83 Å². The highest BCUT2D eigenvalue weighted by Gasteiger charge is 1.95. The van der Waals surface area contributed by atoms with E-state index < -0.39 is 0 Å². The second-order valence-corrected chi connectivity index (χ2v) is 4.24. The summed E-state index contributed by atoms with van der Waals surface area (Å²) >= 11 is 3.48. The largest absolute Gasteiger partial charge is 0.405 e. The summed E-state index contributed by atoms with van der Waals surface area (Å²) in [5.41, 5.74) is 6.29. The molecular formula is C12H18BrN. The van der Waals surface area contributed by atoms with Gasteiger partial charge < -0.3 is 5.73 Å². The highest BCUT2D eigenvalue weighted by Crippen LogP contribution is 2.19. The molecule has 1 rings (SSSR count). The Labute approximate surface area is 95.1 Å². The third kappa shape index (κ3) is 6.72. The fourth-order valence-corrected chi connectivity index (χ4v) is 1.16. The lowest BCUT2D eigenvalue weighted by Crippen LogP contribution is -1.79. The molecule has 0 saturated heterocycles. The Morgan fingerprint density at radius 3 is 2.14 bits per heavy atom. The quantitative estimate of drug-likeness (QED) is 0.795. The highest BCUT2D eigenvalue weighted by molar-refractivity contribution is 9.09. The van der Waals surface area contributed by atoms with Gasteiger partial charge in [0, 0.05) is 4.83 Å². The maximum atomic E-state index is 4.96. The van der Waals surface area contributed by atoms with Crippen LogP contribution >= 0.6 is 15.9 Å². The summed E-state index contributed by atoms with van der Waals surface area (Å²) in [6.07, 6.45) is 4.50. The third-order valence-corrected chi connectivity index (χ3v) is 2.16. The van der Waals surface area contributed by atoms with Crippen molar-refractivity contribution in [3.05, 3.63) is 48.2 Å². The van der Waals surface area contributed by atoms with Gasteiger partial charge in [-0.1, -0.05) is 59.3 Å². The second kappa shape index (κ2) is 8.82. The molecule has 2 heteroatoms. The van der Waals surface area contributed by atoms with Crippen molar-refractivity contribution in [1.82, 2.24) is 0 Å². The van der Waals surface area contributed by atoms with Crippen LogP contribution in [0.1, 0.15) is 30.7 Å². The minimum Gasteiger partial charge on any atom is -0.405 e. The molecule has 0 aromatic heterocycles. The number of halogens is 1. The molecule has 1 atom stereocenters. The van der Waals surface area contributed by atoms with E-state index in [1.165, 1.54) is 5.56 Å². The van der Waals surface area contributed by atoms with E-state index in [2.05, 4.69) is 35.0 Å². The smallest absolute Gasteiger partial charge is 0.0367 e. The van der Waals surface area contributed by atoms with Crippen LogP contribution in [0.2, 0.25) is 0 Å². The molecule has 14 heavy (non-hydrogen) atoms. The summed E-state index contributed by atoms with van der Waals surface area (Å²) in [5, 5.41) is 0. The summed E-state index contributed by atoms with van der Waals surface area (Å²) in [6.45, 7) is 4.17. The van der Waals surface area contributed by atoms with Crippen molar-refractivity contribution >= 4 is 15.9 Å². The molecule has 0 fully saturated rings. The van der Waals surface area contributed by atoms with E-state index in [-0.39, 0.29) is 0 Å². The molecule has 0 aliphatic rings. The van der Waals surface area contributed by atoms with E-state index in [9.17, 15) is 0 Å². The normalized spacial score (nSPS) is 11.9. The predicted molar refractivity (Wildman–Crippen MR) is 67.4 cm³/mol. The summed E-state index contributed by atoms with van der Waals surface area (Å²) in [7, 11) is 0. The van der Waals surface area contributed by atoms with Crippen molar-refractivity contribution in [1.29, 1.82) is 0 Å². The first-order valence-corrected chi connectivity index (χ1v) is 5.69. The molecular weight excluding hydrogens is 238 g/mol. The van der Waals surface area contributed by atoms with Gasteiger partial charge in [0.2, 0.25) is 0 Å². The van der Waals surface area contributed by atoms with Crippen molar-refractivity contribution in [2.75, 3.05) is 0 Å². The lowest BCUT2D eigenvalue weighted by Gasteiger charge is -1.99. The van der Waals surface area contributed by atoms with Crippen LogP contribution in [0.15, 0.2) is 42.6 Å². The van der Waals surface area contributed by atoms with Crippen LogP contribution < -0.4 is 5.73 Å². The van der Waals surface area contributed by atoms with Gasteiger partial charge in [-0.2, -0.15) is 0 Å². The first-order valence-electron chi connectivity index (χ1n) is 4.78. The van der Waals surface area contributed by atoms with Gasteiger partial charge in [0.1, 0.15) is 0 Å². The number of benzene rings is 1. The number of hydrogen-bond donors (Lipinski definition) is 1. The SMILES string of the molecule is CC(Br)c1ccccc1.CC/C=C/N. The van der Waals surface area contributed by atoms with E-state index in [0.717, 1.165) is 6.42 Å². The molecule has 1 unspecified atom stereocenters. The molecule has 0 spiro atoms. The Morgan fingerprint density at radius 2 is 1.93 bits per heavy atom. The molecule has 0 radical (unpaired) electrons. The van der Waals surface area contributed by atoms with Crippen LogP contribution in [-0.4, -0.2) is 0 Å². The molecule has 0 aliphatic heterocycles. The first kappa shape index (κ1) is 13.2. The van der Waals surface area contributed by atoms with E-state index in [1.54, 1.807) is 6.20 Å². The molecule has 2 N–H and O–H groups in total. The maximum absolute atomic E-state index is 4.96. The van der Waals surface area contributed by atoms with Crippen molar-refractivity contribution in [3.63, 3.8) is 0 Å². The summed E-state index contributed by atoms with van der Waals surface area (Å²) < 4.78 is 0. The molecule has 78 valence electrons. The number of alkyl halides is 1. The zero-order chi connectivity index (χ0) is 10.8. The lowest BCUT2D eigenvalue weighted by atomic mass is 10.2. The zero-order valence-corrected chi connectivity index (χ0v) is 10.4. The van der Waals surface area contributed by atoms with Gasteiger partial charge in [0.25, 0.3) is 0 Å². The Balaban J connectivity index is 0.000000292. The average molecular weight is 256 g/mol. The average Bonchev–Trinajstić information content (AvgIpc) is 2.21. The van der Waals surface area contributed by atoms with Crippen LogP contribution in [-0.2, 0) is 0 Å². The molecule has 1 nitrogen and oxygen atoms in total. The van der Waals surface area contributed by atoms with E-state index >= 15 is 0 Å². The van der Waals surface area contributed by atoms with Crippen molar-refractivity contribution in [2.24, 2.45) is 5.73 Å². The molecule has 0 amide bonds. The fraction of sp³-hybridized carbons (Fsp3) is 0.333. The van der Waals surface area contributed by atoms with Gasteiger partial charge in [-0.3, -0.25) is 0 Å². The lowest BCUT2D eigenvalue weighted by molar-refractivity contribution is 1.12. The molecule has 0 aliphatic carbocycles. The third-order valence-electron chi connectivity index (χ3n) is 1.63. The van der Waals surface area contributed by atoms with Crippen LogP contribution in [0.4, 0.5) is 0 Å². The summed E-state index contributed by atoms with van der Waals surface area (Å²) in [5.74, 6) is 0. The molecule has 1 aromatic rings. The Morgan fingerprint density at radius 1 is 1.36 bits per heavy atom. The number of rotatable bonds is 2. The topological polar surface area (TPSA) is 26.0 Å². The highest BCUT2D eigenvalue weighted by atomic mass is 79.9. The standard InChI is InChI=1S/C8H9Br.C4H9N/c1-7(9)8-5-3-2-4-6-8;1-2-3-4-5/h2-7H,1H3;3-4H,2,5H2,1H3/b;4-3+. The van der Waals surface area contributed by atoms with Crippen molar-refractivity contribution in [2.45, 2.75) is 25.1 Å². The van der Waals surface area contributed by atoms with Crippen LogP contribution in [0, 0.1) is 0 Å². The zero-order valence-electron chi connectivity index (χ0n) is 8.78. The first-order chi connectivity index (χ1) is 6.72. The predicted octanol–water partition coefficient (Wildman–Crippen LogP) is 4.01. The molecule has 0 bridgehead atoms. The Kier molecular flexibility index (Phi) is 8.34. The van der Waals surface area contributed by atoms with Gasteiger partial charge in [0.05, 0.1) is 0 Å². The maximum Gasteiger partial charge on any atom is 0.0367 e. The summed E-state index contributed by atoms with van der Waals surface area (Å²) in [4.78, 5) is 0.471. The second-order valence-electron chi connectivity index (χ2n) is 2.86. The van der Waals surface area contributed by atoms with Crippen LogP contribution in [0.5, 0.6) is 0 Å². The van der Waals surface area contributed by atoms with Crippen molar-refractivity contribution in [3.8, 4) is 0 Å². The number of allylic oxidation sites excluding steroid dienone is 1. The van der Waals surface area contributed by atoms with Gasteiger partial charge in [0.15, 0.2) is 0 Å². The van der Waals surface area contributed by atoms with E-state index in [4.69, 9.17) is 5.73 Å². The Bertz CT molecular complexity index is 242. The van der Waals surface area contributed by atoms with Crippen LogP contribution in [0.25, 0.3) is 0 Å². The summed E-state index contributed by atoms with van der Waals surface area (Å²) in [6, 6.07) is 10.3. The number of hydrogen-bond acceptors (Lipinski definition) is 1. The van der Waals surface area contributed by atoms with Gasteiger partial charge in [-0.15, -0.1) is 0 Å². The molecule has 1 aromatic carbocycles. The van der Waals surface area contributed by atoms with Gasteiger partial charge >= 0.3 is 0 Å². The monoisotopic (exact) mass is 255 g/mol. The minimum atomic E-state index is 0.471.